The van der Waals surface area contributed by atoms with Gasteiger partial charge in [-0.25, -0.2) is 0 Å². The molecule has 0 aliphatic rings. The molecule has 2 N–H and O–H groups in total. The minimum absolute atomic E-state index is 0.00217. The Morgan fingerprint density at radius 2 is 1.89 bits per heavy atom. The molecule has 0 saturated carbocycles. The van der Waals surface area contributed by atoms with Crippen LogP contribution in [0, 0.1) is 0 Å². The number of nitrogens with one attached hydrogen (secondary N) is 2. The van der Waals surface area contributed by atoms with Crippen molar-refractivity contribution in [3.8, 4) is 11.3 Å². The highest BCUT2D eigenvalue weighted by molar-refractivity contribution is 9.10. The van der Waals surface area contributed by atoms with Crippen molar-refractivity contribution in [1.29, 1.82) is 0 Å². The predicted molar refractivity (Wildman–Crippen MR) is 119 cm³/mol. The van der Waals surface area contributed by atoms with Crippen LogP contribution >= 0.6 is 39.0 Å². The molecule has 2 heterocycles. The molecule has 0 unspecified atom stereocenters. The Hall–Kier alpha value is -2.02. The Labute approximate surface area is 174 Å². The number of H-pyrrole nitrogens is 1. The van der Waals surface area contributed by atoms with Gasteiger partial charge in [-0.05, 0) is 35.2 Å². The number of amides is 1. The molecule has 1 amide bonds. The van der Waals surface area contributed by atoms with Crippen LogP contribution in [0.4, 0.5) is 0 Å². The maximum atomic E-state index is 12.1. The molecule has 136 valence electrons. The zero-order valence-corrected chi connectivity index (χ0v) is 17.6. The van der Waals surface area contributed by atoms with Gasteiger partial charge in [-0.1, -0.05) is 52.3 Å². The second-order valence-electron chi connectivity index (χ2n) is 5.96. The van der Waals surface area contributed by atoms with Crippen molar-refractivity contribution in [2.24, 2.45) is 0 Å². The fraction of sp³-hybridized carbons (Fsp3) is 0.0952. The summed E-state index contributed by atoms with van der Waals surface area (Å²) in [7, 11) is 0. The molecule has 3 nitrogen and oxygen atoms in total. The fourth-order valence-electron chi connectivity index (χ4n) is 2.90. The van der Waals surface area contributed by atoms with Gasteiger partial charge in [0.25, 0.3) is 5.91 Å². The second-order valence-corrected chi connectivity index (χ2v) is 8.93. The average molecular weight is 457 g/mol. The van der Waals surface area contributed by atoms with Gasteiger partial charge in [0, 0.05) is 32.6 Å². The van der Waals surface area contributed by atoms with Crippen molar-refractivity contribution in [3.05, 3.63) is 75.4 Å². The van der Waals surface area contributed by atoms with Crippen molar-refractivity contribution >= 4 is 55.8 Å². The van der Waals surface area contributed by atoms with E-state index in [1.54, 1.807) is 11.8 Å². The van der Waals surface area contributed by atoms with Crippen LogP contribution in [0.15, 0.2) is 75.4 Å². The maximum absolute atomic E-state index is 12.1. The van der Waals surface area contributed by atoms with Crippen LogP contribution in [-0.2, 0) is 0 Å². The molecular formula is C21H17BrN2OS2. The number of halogens is 1. The standard InChI is InChI=1S/C21H17BrN2OS2/c22-15-9-7-14(8-10-15)19-20(16-4-1-2-5-17(16)24-19)27-13-11-23-21(25)18-6-3-12-26-18/h1-10,12,24H,11,13H2,(H,23,25). The van der Waals surface area contributed by atoms with Crippen LogP contribution < -0.4 is 5.32 Å². The summed E-state index contributed by atoms with van der Waals surface area (Å²) in [5.74, 6) is 0.806. The highest BCUT2D eigenvalue weighted by Gasteiger charge is 2.14. The van der Waals surface area contributed by atoms with Crippen molar-refractivity contribution in [2.75, 3.05) is 12.3 Å². The zero-order valence-electron chi connectivity index (χ0n) is 14.4. The monoisotopic (exact) mass is 456 g/mol. The zero-order chi connectivity index (χ0) is 18.6. The van der Waals surface area contributed by atoms with Crippen LogP contribution in [0.25, 0.3) is 22.2 Å². The Morgan fingerprint density at radius 3 is 2.67 bits per heavy atom. The fourth-order valence-corrected chi connectivity index (χ4v) is 4.86. The first-order chi connectivity index (χ1) is 13.2. The number of rotatable bonds is 6. The minimum atomic E-state index is -0.00217. The van der Waals surface area contributed by atoms with E-state index in [1.807, 2.05) is 23.6 Å². The van der Waals surface area contributed by atoms with E-state index in [9.17, 15) is 4.79 Å². The van der Waals surface area contributed by atoms with E-state index in [1.165, 1.54) is 21.6 Å². The summed E-state index contributed by atoms with van der Waals surface area (Å²) in [5.41, 5.74) is 3.40. The molecule has 6 heteroatoms. The predicted octanol–water partition coefficient (Wildman–Crippen LogP) is 6.18. The summed E-state index contributed by atoms with van der Waals surface area (Å²) in [4.78, 5) is 17.6. The van der Waals surface area contributed by atoms with E-state index >= 15 is 0 Å². The highest BCUT2D eigenvalue weighted by Crippen LogP contribution is 2.37. The largest absolute Gasteiger partial charge is 0.354 e. The molecule has 4 rings (SSSR count). The third-order valence-corrected chi connectivity index (χ3v) is 6.69. The number of carbonyl (C=O) groups excluding carboxylic acids is 1. The van der Waals surface area contributed by atoms with Gasteiger partial charge in [0.2, 0.25) is 0 Å². The lowest BCUT2D eigenvalue weighted by atomic mass is 10.1. The Balaban J connectivity index is 1.52. The number of aromatic nitrogens is 1. The van der Waals surface area contributed by atoms with Gasteiger partial charge in [-0.15, -0.1) is 23.1 Å². The normalized spacial score (nSPS) is 11.0. The van der Waals surface area contributed by atoms with Gasteiger partial charge >= 0.3 is 0 Å². The summed E-state index contributed by atoms with van der Waals surface area (Å²) in [5, 5.41) is 6.13. The Bertz CT molecular complexity index is 1060. The van der Waals surface area contributed by atoms with Gasteiger partial charge in [-0.2, -0.15) is 0 Å². The topological polar surface area (TPSA) is 44.9 Å². The summed E-state index contributed by atoms with van der Waals surface area (Å²) in [6, 6.07) is 20.4. The summed E-state index contributed by atoms with van der Waals surface area (Å²) < 4.78 is 1.06. The van der Waals surface area contributed by atoms with Crippen molar-refractivity contribution < 1.29 is 4.79 Å². The van der Waals surface area contributed by atoms with E-state index < -0.39 is 0 Å². The SMILES string of the molecule is O=C(NCCSc1c(-c2ccc(Br)cc2)[nH]c2ccccc12)c1cccs1. The van der Waals surface area contributed by atoms with Gasteiger partial charge in [0.15, 0.2) is 0 Å². The molecule has 0 spiro atoms. The summed E-state index contributed by atoms with van der Waals surface area (Å²) in [6.45, 7) is 0.626. The molecule has 27 heavy (non-hydrogen) atoms. The van der Waals surface area contributed by atoms with E-state index in [4.69, 9.17) is 0 Å². The van der Waals surface area contributed by atoms with E-state index in [2.05, 4.69) is 68.7 Å². The third-order valence-electron chi connectivity index (χ3n) is 4.17. The lowest BCUT2D eigenvalue weighted by molar-refractivity contribution is 0.0960. The van der Waals surface area contributed by atoms with Gasteiger partial charge < -0.3 is 10.3 Å². The molecule has 0 aliphatic carbocycles. The first kappa shape index (κ1) is 18.3. The van der Waals surface area contributed by atoms with Crippen molar-refractivity contribution in [3.63, 3.8) is 0 Å². The number of hydrogen-bond donors (Lipinski definition) is 2. The van der Waals surface area contributed by atoms with E-state index in [0.717, 1.165) is 31.9 Å². The van der Waals surface area contributed by atoms with Crippen molar-refractivity contribution in [2.45, 2.75) is 4.90 Å². The lowest BCUT2D eigenvalue weighted by Gasteiger charge is -2.07. The molecule has 2 aromatic heterocycles. The average Bonchev–Trinajstić information content (AvgIpc) is 3.34. The quantitative estimate of drug-likeness (QED) is 0.268. The Kier molecular flexibility index (Phi) is 5.66. The number of aromatic amines is 1. The van der Waals surface area contributed by atoms with Crippen LogP contribution in [0.2, 0.25) is 0 Å². The molecular weight excluding hydrogens is 440 g/mol. The van der Waals surface area contributed by atoms with Crippen LogP contribution in [0.5, 0.6) is 0 Å². The van der Waals surface area contributed by atoms with Gasteiger partial charge in [0.05, 0.1) is 10.6 Å². The molecule has 2 aromatic carbocycles. The first-order valence-corrected chi connectivity index (χ1v) is 11.2. The number of fused-ring (bicyclic) bond motifs is 1. The molecule has 0 aliphatic heterocycles. The second kappa shape index (κ2) is 8.33. The van der Waals surface area contributed by atoms with E-state index in [-0.39, 0.29) is 5.91 Å². The van der Waals surface area contributed by atoms with Crippen LogP contribution in [0.1, 0.15) is 9.67 Å². The number of benzene rings is 2. The molecule has 4 aromatic rings. The number of thiophene rings is 1. The molecule has 0 saturated heterocycles. The molecule has 0 fully saturated rings. The number of carbonyl (C=O) groups is 1. The number of thioether (sulfide) groups is 1. The Morgan fingerprint density at radius 1 is 1.07 bits per heavy atom. The molecule has 0 bridgehead atoms. The molecule has 0 radical (unpaired) electrons. The summed E-state index contributed by atoms with van der Waals surface area (Å²) in [6.07, 6.45) is 0. The smallest absolute Gasteiger partial charge is 0.261 e. The number of para-hydroxylation sites is 1. The highest BCUT2D eigenvalue weighted by atomic mass is 79.9. The first-order valence-electron chi connectivity index (χ1n) is 8.53. The van der Waals surface area contributed by atoms with Crippen LogP contribution in [0.3, 0.4) is 0 Å². The lowest BCUT2D eigenvalue weighted by Crippen LogP contribution is -2.24. The summed E-state index contributed by atoms with van der Waals surface area (Å²) >= 11 is 6.73. The third kappa shape index (κ3) is 4.13. The molecule has 0 atom stereocenters. The maximum Gasteiger partial charge on any atom is 0.261 e. The van der Waals surface area contributed by atoms with E-state index in [0.29, 0.717) is 6.54 Å². The van der Waals surface area contributed by atoms with Crippen LogP contribution in [-0.4, -0.2) is 23.2 Å². The van der Waals surface area contributed by atoms with Gasteiger partial charge in [0.1, 0.15) is 0 Å². The number of hydrogen-bond acceptors (Lipinski definition) is 3. The van der Waals surface area contributed by atoms with Crippen molar-refractivity contribution in [1.82, 2.24) is 10.3 Å². The minimum Gasteiger partial charge on any atom is -0.354 e. The van der Waals surface area contributed by atoms with Gasteiger partial charge in [-0.3, -0.25) is 4.79 Å².